The predicted molar refractivity (Wildman–Crippen MR) is 116 cm³/mol. The molecule has 168 valence electrons. The highest BCUT2D eigenvalue weighted by molar-refractivity contribution is 7.89. The minimum atomic E-state index is -4.09. The fourth-order valence-electron chi connectivity index (χ4n) is 3.06. The average Bonchev–Trinajstić information content (AvgIpc) is 2.80. The van der Waals surface area contributed by atoms with Gasteiger partial charge in [-0.05, 0) is 41.5 Å². The molecule has 0 fully saturated rings. The van der Waals surface area contributed by atoms with Gasteiger partial charge in [-0.2, -0.15) is 0 Å². The van der Waals surface area contributed by atoms with Crippen LogP contribution in [-0.2, 0) is 14.8 Å². The van der Waals surface area contributed by atoms with Crippen molar-refractivity contribution in [1.29, 1.82) is 0 Å². The van der Waals surface area contributed by atoms with Crippen molar-refractivity contribution in [3.63, 3.8) is 0 Å². The molecule has 0 radical (unpaired) electrons. The number of rotatable bonds is 9. The molecule has 0 aliphatic heterocycles. The zero-order valence-electron chi connectivity index (χ0n) is 17.2. The predicted octanol–water partition coefficient (Wildman–Crippen LogP) is 3.55. The van der Waals surface area contributed by atoms with E-state index in [9.17, 15) is 22.0 Å². The minimum Gasteiger partial charge on any atom is -0.497 e. The van der Waals surface area contributed by atoms with Gasteiger partial charge < -0.3 is 10.1 Å². The summed E-state index contributed by atoms with van der Waals surface area (Å²) in [6.07, 6.45) is -0.150. The summed E-state index contributed by atoms with van der Waals surface area (Å²) in [4.78, 5) is 12.1. The third kappa shape index (κ3) is 5.89. The molecule has 0 aliphatic rings. The lowest BCUT2D eigenvalue weighted by atomic mass is 9.98. The highest BCUT2D eigenvalue weighted by Crippen LogP contribution is 2.24. The quantitative estimate of drug-likeness (QED) is 0.512. The first kappa shape index (κ1) is 23.4. The smallest absolute Gasteiger partial charge is 0.240 e. The summed E-state index contributed by atoms with van der Waals surface area (Å²) in [5, 5.41) is 2.91. The SMILES string of the molecule is COc1ccc(C(NC(=O)CCNS(=O)(=O)c2ccc(F)c(F)c2)c2ccccc2)cc1. The van der Waals surface area contributed by atoms with Gasteiger partial charge in [0.25, 0.3) is 0 Å². The number of hydrogen-bond acceptors (Lipinski definition) is 4. The van der Waals surface area contributed by atoms with Gasteiger partial charge in [-0.1, -0.05) is 42.5 Å². The molecule has 0 heterocycles. The van der Waals surface area contributed by atoms with E-state index in [2.05, 4.69) is 10.0 Å². The topological polar surface area (TPSA) is 84.5 Å². The van der Waals surface area contributed by atoms with Crippen molar-refractivity contribution < 1.29 is 26.7 Å². The number of hydrogen-bond donors (Lipinski definition) is 2. The molecule has 0 saturated carbocycles. The fraction of sp³-hybridized carbons (Fsp3) is 0.174. The van der Waals surface area contributed by atoms with Gasteiger partial charge in [0, 0.05) is 13.0 Å². The first-order valence-electron chi connectivity index (χ1n) is 9.73. The van der Waals surface area contributed by atoms with Crippen LogP contribution in [0.1, 0.15) is 23.6 Å². The van der Waals surface area contributed by atoms with Gasteiger partial charge in [-0.25, -0.2) is 21.9 Å². The van der Waals surface area contributed by atoms with E-state index in [1.807, 2.05) is 42.5 Å². The standard InChI is InChI=1S/C23H22F2N2O4S/c1-31-18-9-7-17(8-10-18)23(16-5-3-2-4-6-16)27-22(28)13-14-26-32(29,30)19-11-12-20(24)21(25)15-19/h2-12,15,23,26H,13-14H2,1H3,(H,27,28). The Morgan fingerprint density at radius 3 is 2.22 bits per heavy atom. The van der Waals surface area contributed by atoms with E-state index in [0.29, 0.717) is 11.8 Å². The molecule has 0 saturated heterocycles. The molecule has 0 bridgehead atoms. The van der Waals surface area contributed by atoms with Gasteiger partial charge in [-0.15, -0.1) is 0 Å². The van der Waals surface area contributed by atoms with Crippen LogP contribution in [0.15, 0.2) is 77.7 Å². The van der Waals surface area contributed by atoms with Crippen molar-refractivity contribution in [2.24, 2.45) is 0 Å². The summed E-state index contributed by atoms with van der Waals surface area (Å²) in [6, 6.07) is 18.4. The maximum absolute atomic E-state index is 13.3. The molecule has 1 amide bonds. The zero-order valence-corrected chi connectivity index (χ0v) is 18.0. The molecular formula is C23H22F2N2O4S. The Bertz CT molecular complexity index is 1170. The van der Waals surface area contributed by atoms with E-state index in [4.69, 9.17) is 4.74 Å². The van der Waals surface area contributed by atoms with E-state index in [0.717, 1.165) is 23.3 Å². The number of amides is 1. The van der Waals surface area contributed by atoms with E-state index in [-0.39, 0.29) is 18.9 Å². The van der Waals surface area contributed by atoms with E-state index in [1.54, 1.807) is 19.2 Å². The first-order chi connectivity index (χ1) is 15.3. The van der Waals surface area contributed by atoms with Crippen molar-refractivity contribution in [3.8, 4) is 5.75 Å². The first-order valence-corrected chi connectivity index (χ1v) is 11.2. The van der Waals surface area contributed by atoms with Crippen LogP contribution < -0.4 is 14.8 Å². The van der Waals surface area contributed by atoms with Gasteiger partial charge in [0.2, 0.25) is 15.9 Å². The fourth-order valence-corrected chi connectivity index (χ4v) is 4.10. The normalized spacial score (nSPS) is 12.2. The largest absolute Gasteiger partial charge is 0.497 e. The molecule has 9 heteroatoms. The third-order valence-corrected chi connectivity index (χ3v) is 6.19. The van der Waals surface area contributed by atoms with Gasteiger partial charge >= 0.3 is 0 Å². The van der Waals surface area contributed by atoms with E-state index in [1.165, 1.54) is 0 Å². The number of ether oxygens (including phenoxy) is 1. The number of carbonyl (C=O) groups is 1. The van der Waals surface area contributed by atoms with Crippen LogP contribution in [0.25, 0.3) is 0 Å². The summed E-state index contributed by atoms with van der Waals surface area (Å²) in [5.41, 5.74) is 1.68. The van der Waals surface area contributed by atoms with Gasteiger partial charge in [0.05, 0.1) is 18.0 Å². The minimum absolute atomic E-state index is 0.150. The Hall–Kier alpha value is -3.30. The van der Waals surface area contributed by atoms with E-state index < -0.39 is 32.6 Å². The highest BCUT2D eigenvalue weighted by Gasteiger charge is 2.19. The van der Waals surface area contributed by atoms with Gasteiger partial charge in [0.1, 0.15) is 5.75 Å². The van der Waals surface area contributed by atoms with Crippen molar-refractivity contribution in [2.45, 2.75) is 17.4 Å². The maximum atomic E-state index is 13.3. The Morgan fingerprint density at radius 2 is 1.59 bits per heavy atom. The van der Waals surface area contributed by atoms with Crippen molar-refractivity contribution in [2.75, 3.05) is 13.7 Å². The van der Waals surface area contributed by atoms with Crippen LogP contribution in [0.2, 0.25) is 0 Å². The molecule has 0 aromatic heterocycles. The molecule has 32 heavy (non-hydrogen) atoms. The van der Waals surface area contributed by atoms with Crippen molar-refractivity contribution in [3.05, 3.63) is 95.6 Å². The second-order valence-corrected chi connectivity index (χ2v) is 8.68. The van der Waals surface area contributed by atoms with E-state index >= 15 is 0 Å². The lowest BCUT2D eigenvalue weighted by molar-refractivity contribution is -0.121. The van der Waals surface area contributed by atoms with Gasteiger partial charge in [-0.3, -0.25) is 4.79 Å². The van der Waals surface area contributed by atoms with Crippen LogP contribution in [0.5, 0.6) is 5.75 Å². The van der Waals surface area contributed by atoms with Crippen LogP contribution in [-0.4, -0.2) is 28.0 Å². The Morgan fingerprint density at radius 1 is 0.938 bits per heavy atom. The summed E-state index contributed by atoms with van der Waals surface area (Å²) >= 11 is 0. The number of benzene rings is 3. The molecule has 3 aromatic rings. The summed E-state index contributed by atoms with van der Waals surface area (Å²) in [6.45, 7) is -0.211. The lowest BCUT2D eigenvalue weighted by Gasteiger charge is -2.20. The Kier molecular flexibility index (Phi) is 7.55. The number of nitrogens with one attached hydrogen (secondary N) is 2. The second kappa shape index (κ2) is 10.3. The number of carbonyl (C=O) groups excluding carboxylic acids is 1. The summed E-state index contributed by atoms with van der Waals surface area (Å²) < 4.78 is 58.3. The monoisotopic (exact) mass is 460 g/mol. The molecule has 6 nitrogen and oxygen atoms in total. The number of methoxy groups -OCH3 is 1. The molecule has 0 spiro atoms. The van der Waals surface area contributed by atoms with Crippen molar-refractivity contribution >= 4 is 15.9 Å². The molecular weight excluding hydrogens is 438 g/mol. The lowest BCUT2D eigenvalue weighted by Crippen LogP contribution is -2.33. The summed E-state index contributed by atoms with van der Waals surface area (Å²) in [5.74, 6) is -2.12. The molecule has 3 rings (SSSR count). The van der Waals surface area contributed by atoms with Crippen LogP contribution in [0, 0.1) is 11.6 Å². The van der Waals surface area contributed by atoms with Crippen LogP contribution in [0.4, 0.5) is 8.78 Å². The molecule has 3 aromatic carbocycles. The average molecular weight is 461 g/mol. The Labute approximate surface area is 185 Å². The second-order valence-electron chi connectivity index (χ2n) is 6.91. The molecule has 1 unspecified atom stereocenters. The van der Waals surface area contributed by atoms with Crippen LogP contribution >= 0.6 is 0 Å². The number of sulfonamides is 1. The zero-order chi connectivity index (χ0) is 23.1. The molecule has 2 N–H and O–H groups in total. The molecule has 1 atom stereocenters. The van der Waals surface area contributed by atoms with Crippen molar-refractivity contribution in [1.82, 2.24) is 10.0 Å². The maximum Gasteiger partial charge on any atom is 0.240 e. The third-order valence-electron chi connectivity index (χ3n) is 4.73. The molecule has 0 aliphatic carbocycles. The Balaban J connectivity index is 1.66. The summed E-state index contributed by atoms with van der Waals surface area (Å²) in [7, 11) is -2.52. The highest BCUT2D eigenvalue weighted by atomic mass is 32.2. The number of halogens is 2. The van der Waals surface area contributed by atoms with Gasteiger partial charge in [0.15, 0.2) is 11.6 Å². The van der Waals surface area contributed by atoms with Crippen LogP contribution in [0.3, 0.4) is 0 Å².